The standard InChI is InChI=1S/C20H19ClN2O4/c1-20(2)18(24)16(14-9-11(10-22)3-8-15(14)27-20)17(19(25)26)23-13-6-4-12(21)5-7-13/h3-9,16-18,23-24H,1-2H3,(H,25,26)/t16-,17?,18-/m1/s1. The van der Waals surface area contributed by atoms with E-state index in [1.807, 2.05) is 6.07 Å². The number of nitrogens with zero attached hydrogens (tertiary/aromatic N) is 1. The van der Waals surface area contributed by atoms with Crippen LogP contribution in [0.5, 0.6) is 5.75 Å². The minimum absolute atomic E-state index is 0.366. The fourth-order valence-electron chi connectivity index (χ4n) is 3.31. The summed E-state index contributed by atoms with van der Waals surface area (Å²) in [5.41, 5.74) is 0.405. The summed E-state index contributed by atoms with van der Waals surface area (Å²) in [6.45, 7) is 3.40. The third-order valence-corrected chi connectivity index (χ3v) is 4.97. The molecule has 6 nitrogen and oxygen atoms in total. The number of anilines is 1. The average molecular weight is 387 g/mol. The molecule has 0 spiro atoms. The van der Waals surface area contributed by atoms with E-state index in [1.54, 1.807) is 56.3 Å². The maximum atomic E-state index is 12.1. The van der Waals surface area contributed by atoms with Crippen LogP contribution in [0.3, 0.4) is 0 Å². The van der Waals surface area contributed by atoms with Crippen LogP contribution >= 0.6 is 11.6 Å². The third-order valence-electron chi connectivity index (χ3n) is 4.72. The number of hydrogen-bond acceptors (Lipinski definition) is 5. The van der Waals surface area contributed by atoms with E-state index in [-0.39, 0.29) is 0 Å². The number of aliphatic hydroxyl groups is 1. The molecule has 0 bridgehead atoms. The Morgan fingerprint density at radius 3 is 2.56 bits per heavy atom. The third kappa shape index (κ3) is 3.70. The van der Waals surface area contributed by atoms with Gasteiger partial charge in [-0.25, -0.2) is 4.79 Å². The van der Waals surface area contributed by atoms with E-state index < -0.39 is 29.6 Å². The van der Waals surface area contributed by atoms with Crippen LogP contribution in [0.2, 0.25) is 5.02 Å². The predicted molar refractivity (Wildman–Crippen MR) is 101 cm³/mol. The second-order valence-corrected chi connectivity index (χ2v) is 7.44. The normalized spacial score (nSPS) is 21.3. The van der Waals surface area contributed by atoms with Crippen LogP contribution in [0.15, 0.2) is 42.5 Å². The lowest BCUT2D eigenvalue weighted by atomic mass is 9.76. The summed E-state index contributed by atoms with van der Waals surface area (Å²) in [4.78, 5) is 12.1. The molecule has 3 N–H and O–H groups in total. The highest BCUT2D eigenvalue weighted by Crippen LogP contribution is 2.43. The molecule has 140 valence electrons. The Hall–Kier alpha value is -2.75. The Labute approximate surface area is 162 Å². The van der Waals surface area contributed by atoms with E-state index in [2.05, 4.69) is 5.32 Å². The van der Waals surface area contributed by atoms with E-state index in [9.17, 15) is 20.3 Å². The number of carbonyl (C=O) groups is 1. The fraction of sp³-hybridized carbons (Fsp3) is 0.300. The molecule has 1 aliphatic rings. The zero-order valence-corrected chi connectivity index (χ0v) is 15.6. The number of halogens is 1. The summed E-state index contributed by atoms with van der Waals surface area (Å²) in [7, 11) is 0. The van der Waals surface area contributed by atoms with Gasteiger partial charge < -0.3 is 20.3 Å². The number of hydrogen-bond donors (Lipinski definition) is 3. The summed E-state index contributed by atoms with van der Waals surface area (Å²) < 4.78 is 5.86. The molecule has 0 amide bonds. The lowest BCUT2D eigenvalue weighted by molar-refractivity contribution is -0.141. The zero-order chi connectivity index (χ0) is 19.8. The van der Waals surface area contributed by atoms with Gasteiger partial charge >= 0.3 is 5.97 Å². The van der Waals surface area contributed by atoms with Crippen LogP contribution < -0.4 is 10.1 Å². The summed E-state index contributed by atoms with van der Waals surface area (Å²) >= 11 is 5.89. The Bertz CT molecular complexity index is 905. The van der Waals surface area contributed by atoms with Gasteiger partial charge in [0.1, 0.15) is 23.5 Å². The molecule has 7 heteroatoms. The Kier molecular flexibility index (Phi) is 5.01. The number of benzene rings is 2. The molecule has 2 aromatic rings. The van der Waals surface area contributed by atoms with Crippen LogP contribution in [0.25, 0.3) is 0 Å². The molecule has 0 saturated heterocycles. The molecule has 2 aromatic carbocycles. The molecule has 0 aliphatic carbocycles. The van der Waals surface area contributed by atoms with Crippen LogP contribution in [0.4, 0.5) is 5.69 Å². The van der Waals surface area contributed by atoms with Crippen molar-refractivity contribution in [1.82, 2.24) is 0 Å². The molecule has 3 atom stereocenters. The Morgan fingerprint density at radius 1 is 1.30 bits per heavy atom. The van der Waals surface area contributed by atoms with E-state index >= 15 is 0 Å². The molecule has 0 saturated carbocycles. The van der Waals surface area contributed by atoms with Gasteiger partial charge in [0.2, 0.25) is 0 Å². The molecule has 0 aromatic heterocycles. The van der Waals surface area contributed by atoms with Crippen LogP contribution in [-0.2, 0) is 4.79 Å². The van der Waals surface area contributed by atoms with Crippen molar-refractivity contribution in [2.24, 2.45) is 0 Å². The topological polar surface area (TPSA) is 103 Å². The highest BCUT2D eigenvalue weighted by atomic mass is 35.5. The number of aliphatic hydroxyl groups excluding tert-OH is 1. The SMILES string of the molecule is CC1(C)Oc2ccc(C#N)cc2[C@H](C(Nc2ccc(Cl)cc2)C(=O)O)[C@H]1O. The quantitative estimate of drug-likeness (QED) is 0.744. The average Bonchev–Trinajstić information content (AvgIpc) is 2.62. The predicted octanol–water partition coefficient (Wildman–Crippen LogP) is 3.39. The second kappa shape index (κ2) is 7.10. The van der Waals surface area contributed by atoms with Gasteiger partial charge in [-0.1, -0.05) is 11.6 Å². The van der Waals surface area contributed by atoms with Gasteiger partial charge in [-0.05, 0) is 56.3 Å². The van der Waals surface area contributed by atoms with Crippen molar-refractivity contribution in [3.63, 3.8) is 0 Å². The first-order valence-corrected chi connectivity index (χ1v) is 8.77. The van der Waals surface area contributed by atoms with Gasteiger partial charge in [-0.15, -0.1) is 0 Å². The van der Waals surface area contributed by atoms with Crippen molar-refractivity contribution in [2.45, 2.75) is 37.5 Å². The number of nitrogens with one attached hydrogen (secondary N) is 1. The van der Waals surface area contributed by atoms with Crippen molar-refractivity contribution in [3.05, 3.63) is 58.6 Å². The van der Waals surface area contributed by atoms with Crippen molar-refractivity contribution in [3.8, 4) is 11.8 Å². The van der Waals surface area contributed by atoms with Crippen molar-refractivity contribution >= 4 is 23.3 Å². The number of nitriles is 1. The Balaban J connectivity index is 2.08. The minimum Gasteiger partial charge on any atom is -0.485 e. The number of ether oxygens (including phenoxy) is 1. The van der Waals surface area contributed by atoms with Crippen molar-refractivity contribution in [1.29, 1.82) is 5.26 Å². The van der Waals surface area contributed by atoms with E-state index in [4.69, 9.17) is 16.3 Å². The molecular weight excluding hydrogens is 368 g/mol. The first-order valence-electron chi connectivity index (χ1n) is 8.39. The Morgan fingerprint density at radius 2 is 1.96 bits per heavy atom. The van der Waals surface area contributed by atoms with E-state index in [0.29, 0.717) is 27.6 Å². The number of carboxylic acid groups (broad SMARTS) is 1. The minimum atomic E-state index is -1.14. The number of fused-ring (bicyclic) bond motifs is 1. The van der Waals surface area contributed by atoms with E-state index in [0.717, 1.165) is 0 Å². The molecule has 1 aliphatic heterocycles. The zero-order valence-electron chi connectivity index (χ0n) is 14.8. The first kappa shape index (κ1) is 19.0. The largest absolute Gasteiger partial charge is 0.485 e. The molecule has 3 rings (SSSR count). The monoisotopic (exact) mass is 386 g/mol. The molecule has 1 heterocycles. The number of rotatable bonds is 4. The summed E-state index contributed by atoms with van der Waals surface area (Å²) in [6, 6.07) is 12.3. The summed E-state index contributed by atoms with van der Waals surface area (Å²) in [5.74, 6) is -1.50. The van der Waals surface area contributed by atoms with Gasteiger partial charge in [0.05, 0.1) is 11.6 Å². The van der Waals surface area contributed by atoms with Crippen molar-refractivity contribution in [2.75, 3.05) is 5.32 Å². The lowest BCUT2D eigenvalue weighted by Crippen LogP contribution is -2.54. The van der Waals surface area contributed by atoms with E-state index in [1.165, 1.54) is 0 Å². The van der Waals surface area contributed by atoms with Crippen molar-refractivity contribution < 1.29 is 19.7 Å². The molecule has 0 radical (unpaired) electrons. The van der Waals surface area contributed by atoms with Crippen LogP contribution in [-0.4, -0.2) is 33.9 Å². The van der Waals surface area contributed by atoms with Gasteiger partial charge in [0, 0.05) is 22.2 Å². The highest BCUT2D eigenvalue weighted by molar-refractivity contribution is 6.30. The number of aliphatic carboxylic acids is 1. The molecule has 1 unspecified atom stereocenters. The van der Waals surface area contributed by atoms with Gasteiger partial charge in [0.15, 0.2) is 0 Å². The molecular formula is C20H19ClN2O4. The fourth-order valence-corrected chi connectivity index (χ4v) is 3.44. The first-order chi connectivity index (χ1) is 12.7. The maximum absolute atomic E-state index is 12.1. The smallest absolute Gasteiger partial charge is 0.326 e. The molecule has 0 fully saturated rings. The molecule has 27 heavy (non-hydrogen) atoms. The van der Waals surface area contributed by atoms with Crippen LogP contribution in [0.1, 0.15) is 30.9 Å². The van der Waals surface area contributed by atoms with Crippen LogP contribution in [0, 0.1) is 11.3 Å². The second-order valence-electron chi connectivity index (χ2n) is 7.01. The lowest BCUT2D eigenvalue weighted by Gasteiger charge is -2.44. The summed E-state index contributed by atoms with van der Waals surface area (Å²) in [6.07, 6.45) is -1.11. The highest BCUT2D eigenvalue weighted by Gasteiger charge is 2.48. The summed E-state index contributed by atoms with van der Waals surface area (Å²) in [5, 5.41) is 33.5. The van der Waals surface area contributed by atoms with Gasteiger partial charge in [-0.3, -0.25) is 0 Å². The maximum Gasteiger partial charge on any atom is 0.326 e. The van der Waals surface area contributed by atoms with Gasteiger partial charge in [-0.2, -0.15) is 5.26 Å². The number of carboxylic acids is 1. The van der Waals surface area contributed by atoms with Gasteiger partial charge in [0.25, 0.3) is 0 Å².